The van der Waals surface area contributed by atoms with Crippen LogP contribution < -0.4 is 4.90 Å². The molecule has 16 heavy (non-hydrogen) atoms. The predicted molar refractivity (Wildman–Crippen MR) is 67.0 cm³/mol. The third-order valence-corrected chi connectivity index (χ3v) is 3.68. The van der Waals surface area contributed by atoms with Crippen molar-refractivity contribution in [3.05, 3.63) is 28.2 Å². The molecule has 0 unspecified atom stereocenters. The van der Waals surface area contributed by atoms with Crippen LogP contribution in [0.5, 0.6) is 0 Å². The van der Waals surface area contributed by atoms with Gasteiger partial charge in [0.1, 0.15) is 0 Å². The highest BCUT2D eigenvalue weighted by molar-refractivity contribution is 6.42. The van der Waals surface area contributed by atoms with Crippen LogP contribution in [0.1, 0.15) is 12.8 Å². The first kappa shape index (κ1) is 11.6. The van der Waals surface area contributed by atoms with Crippen LogP contribution in [0.2, 0.25) is 10.0 Å². The van der Waals surface area contributed by atoms with Crippen molar-refractivity contribution in [3.63, 3.8) is 0 Å². The lowest BCUT2D eigenvalue weighted by atomic mass is 9.98. The zero-order chi connectivity index (χ0) is 11.5. The molecule has 0 amide bonds. The molecule has 84 valence electrons. The lowest BCUT2D eigenvalue weighted by Gasteiger charge is -2.31. The lowest BCUT2D eigenvalue weighted by Crippen LogP contribution is -2.33. The molecule has 4 heteroatoms. The Balaban J connectivity index is 2.09. The second-order valence-corrected chi connectivity index (χ2v) is 4.80. The van der Waals surface area contributed by atoms with Crippen LogP contribution in [0.25, 0.3) is 0 Å². The van der Waals surface area contributed by atoms with E-state index in [1.54, 1.807) is 0 Å². The number of hydrogen-bond acceptors (Lipinski definition) is 2. The predicted octanol–water partition coefficient (Wildman–Crippen LogP) is 3.73. The van der Waals surface area contributed by atoms with Gasteiger partial charge in [0.05, 0.1) is 16.1 Å². The van der Waals surface area contributed by atoms with Gasteiger partial charge in [-0.1, -0.05) is 23.2 Å². The van der Waals surface area contributed by atoms with Gasteiger partial charge >= 0.3 is 0 Å². The summed E-state index contributed by atoms with van der Waals surface area (Å²) in [5.41, 5.74) is 1.09. The maximum atomic E-state index is 8.82. The van der Waals surface area contributed by atoms with E-state index < -0.39 is 0 Å². The third kappa shape index (κ3) is 2.42. The summed E-state index contributed by atoms with van der Waals surface area (Å²) in [6.07, 6.45) is 1.85. The Labute approximate surface area is 105 Å². The van der Waals surface area contributed by atoms with Gasteiger partial charge in [-0.15, -0.1) is 0 Å². The second-order valence-electron chi connectivity index (χ2n) is 3.99. The highest BCUT2D eigenvalue weighted by Gasteiger charge is 2.19. The fraction of sp³-hybridized carbons (Fsp3) is 0.417. The first-order chi connectivity index (χ1) is 7.70. The van der Waals surface area contributed by atoms with Gasteiger partial charge in [-0.3, -0.25) is 0 Å². The third-order valence-electron chi connectivity index (χ3n) is 2.95. The largest absolute Gasteiger partial charge is 0.371 e. The first-order valence-corrected chi connectivity index (χ1v) is 6.06. The minimum atomic E-state index is 0.207. The van der Waals surface area contributed by atoms with Crippen molar-refractivity contribution in [2.24, 2.45) is 5.92 Å². The normalized spacial score (nSPS) is 17.2. The number of piperidine rings is 1. The van der Waals surface area contributed by atoms with Crippen LogP contribution in [0.4, 0.5) is 5.69 Å². The standard InChI is InChI=1S/C12H12Cl2N2/c13-11-2-1-10(7-12(11)14)16-5-3-9(8-15)4-6-16/h1-2,7,9H,3-6H2. The molecular weight excluding hydrogens is 243 g/mol. The molecule has 1 aliphatic heterocycles. The molecule has 1 aromatic rings. The number of nitriles is 1. The average molecular weight is 255 g/mol. The maximum Gasteiger partial charge on any atom is 0.0657 e. The molecule has 2 rings (SSSR count). The van der Waals surface area contributed by atoms with Crippen LogP contribution in [0, 0.1) is 17.2 Å². The molecular formula is C12H12Cl2N2. The second kappa shape index (κ2) is 4.95. The maximum absolute atomic E-state index is 8.82. The molecule has 0 spiro atoms. The van der Waals surface area contributed by atoms with Gasteiger partial charge in [-0.05, 0) is 31.0 Å². The van der Waals surface area contributed by atoms with Crippen molar-refractivity contribution in [2.45, 2.75) is 12.8 Å². The summed E-state index contributed by atoms with van der Waals surface area (Å²) >= 11 is 11.8. The van der Waals surface area contributed by atoms with Gasteiger partial charge in [0, 0.05) is 24.7 Å². The van der Waals surface area contributed by atoms with Crippen LogP contribution in [-0.2, 0) is 0 Å². The molecule has 1 fully saturated rings. The summed E-state index contributed by atoms with van der Waals surface area (Å²) in [6.45, 7) is 1.83. The number of benzene rings is 1. The van der Waals surface area contributed by atoms with Crippen molar-refractivity contribution in [1.82, 2.24) is 0 Å². The van der Waals surface area contributed by atoms with Crippen molar-refractivity contribution in [3.8, 4) is 6.07 Å². The van der Waals surface area contributed by atoms with Gasteiger partial charge in [0.25, 0.3) is 0 Å². The summed E-state index contributed by atoms with van der Waals surface area (Å²) < 4.78 is 0. The smallest absolute Gasteiger partial charge is 0.0657 e. The quantitative estimate of drug-likeness (QED) is 0.764. The fourth-order valence-electron chi connectivity index (χ4n) is 1.95. The molecule has 1 heterocycles. The fourth-order valence-corrected chi connectivity index (χ4v) is 2.24. The van der Waals surface area contributed by atoms with E-state index in [0.29, 0.717) is 10.0 Å². The Kier molecular flexibility index (Phi) is 3.58. The van der Waals surface area contributed by atoms with E-state index in [1.807, 2.05) is 18.2 Å². The van der Waals surface area contributed by atoms with Crippen LogP contribution in [-0.4, -0.2) is 13.1 Å². The van der Waals surface area contributed by atoms with E-state index in [0.717, 1.165) is 31.6 Å². The van der Waals surface area contributed by atoms with Gasteiger partial charge in [0.15, 0.2) is 0 Å². The summed E-state index contributed by atoms with van der Waals surface area (Å²) in [6, 6.07) is 8.00. The molecule has 0 aliphatic carbocycles. The highest BCUT2D eigenvalue weighted by atomic mass is 35.5. The van der Waals surface area contributed by atoms with E-state index >= 15 is 0 Å². The lowest BCUT2D eigenvalue weighted by molar-refractivity contribution is 0.488. The molecule has 2 nitrogen and oxygen atoms in total. The molecule has 1 aromatic carbocycles. The van der Waals surface area contributed by atoms with Crippen molar-refractivity contribution < 1.29 is 0 Å². The summed E-state index contributed by atoms with van der Waals surface area (Å²) in [4.78, 5) is 2.25. The van der Waals surface area contributed by atoms with Gasteiger partial charge in [-0.2, -0.15) is 5.26 Å². The Hall–Kier alpha value is -0.910. The monoisotopic (exact) mass is 254 g/mol. The molecule has 0 aromatic heterocycles. The van der Waals surface area contributed by atoms with Crippen molar-refractivity contribution in [1.29, 1.82) is 5.26 Å². The van der Waals surface area contributed by atoms with Gasteiger partial charge in [-0.25, -0.2) is 0 Å². The molecule has 0 saturated carbocycles. The Morgan fingerprint density at radius 3 is 2.44 bits per heavy atom. The zero-order valence-corrected chi connectivity index (χ0v) is 10.3. The van der Waals surface area contributed by atoms with Gasteiger partial charge < -0.3 is 4.90 Å². The Morgan fingerprint density at radius 1 is 1.19 bits per heavy atom. The number of halogens is 2. The van der Waals surface area contributed by atoms with E-state index in [9.17, 15) is 0 Å². The topological polar surface area (TPSA) is 27.0 Å². The summed E-state index contributed by atoms with van der Waals surface area (Å²) in [5, 5.41) is 9.99. The zero-order valence-electron chi connectivity index (χ0n) is 8.79. The SMILES string of the molecule is N#CC1CCN(c2ccc(Cl)c(Cl)c2)CC1. The molecule has 1 saturated heterocycles. The van der Waals surface area contributed by atoms with Crippen LogP contribution in [0.3, 0.4) is 0 Å². The number of rotatable bonds is 1. The summed E-state index contributed by atoms with van der Waals surface area (Å²) in [7, 11) is 0. The molecule has 1 aliphatic rings. The average Bonchev–Trinajstić information content (AvgIpc) is 2.33. The number of hydrogen-bond donors (Lipinski definition) is 0. The number of anilines is 1. The van der Waals surface area contributed by atoms with E-state index in [4.69, 9.17) is 28.5 Å². The molecule has 0 N–H and O–H groups in total. The number of nitrogens with zero attached hydrogens (tertiary/aromatic N) is 2. The van der Waals surface area contributed by atoms with E-state index in [1.165, 1.54) is 0 Å². The van der Waals surface area contributed by atoms with Crippen molar-refractivity contribution >= 4 is 28.9 Å². The van der Waals surface area contributed by atoms with E-state index in [2.05, 4.69) is 11.0 Å². The molecule has 0 radical (unpaired) electrons. The van der Waals surface area contributed by atoms with Crippen molar-refractivity contribution in [2.75, 3.05) is 18.0 Å². The van der Waals surface area contributed by atoms with Gasteiger partial charge in [0.2, 0.25) is 0 Å². The highest BCUT2D eigenvalue weighted by Crippen LogP contribution is 2.29. The first-order valence-electron chi connectivity index (χ1n) is 5.30. The summed E-state index contributed by atoms with van der Waals surface area (Å²) in [5.74, 6) is 0.207. The van der Waals surface area contributed by atoms with Crippen LogP contribution >= 0.6 is 23.2 Å². The minimum Gasteiger partial charge on any atom is -0.371 e. The molecule has 0 atom stereocenters. The minimum absolute atomic E-state index is 0.207. The Morgan fingerprint density at radius 2 is 1.88 bits per heavy atom. The van der Waals surface area contributed by atoms with Crippen LogP contribution in [0.15, 0.2) is 18.2 Å². The molecule has 0 bridgehead atoms. The van der Waals surface area contributed by atoms with E-state index in [-0.39, 0.29) is 5.92 Å². The Bertz CT molecular complexity index is 418.